The van der Waals surface area contributed by atoms with E-state index >= 15 is 0 Å². The van der Waals surface area contributed by atoms with E-state index in [2.05, 4.69) is 119 Å². The first-order valence-electron chi connectivity index (χ1n) is 18.0. The molecular formula is C42H80. The molecule has 2 rings (SSSR count). The van der Waals surface area contributed by atoms with Gasteiger partial charge in [0.1, 0.15) is 0 Å². The summed E-state index contributed by atoms with van der Waals surface area (Å²) in [6.45, 7) is 41.2. The molecule has 0 heteroatoms. The van der Waals surface area contributed by atoms with Gasteiger partial charge < -0.3 is 0 Å². The lowest BCUT2D eigenvalue weighted by Crippen LogP contribution is -2.33. The van der Waals surface area contributed by atoms with E-state index in [1.807, 2.05) is 41.5 Å². The Hall–Kier alpha value is -1.56. The predicted molar refractivity (Wildman–Crippen MR) is 202 cm³/mol. The van der Waals surface area contributed by atoms with Gasteiger partial charge in [0.2, 0.25) is 0 Å². The zero-order chi connectivity index (χ0) is 33.8. The Kier molecular flexibility index (Phi) is 33.3. The first-order chi connectivity index (χ1) is 19.9. The summed E-state index contributed by atoms with van der Waals surface area (Å²) in [4.78, 5) is 0. The zero-order valence-corrected chi connectivity index (χ0v) is 32.3. The molecule has 0 unspecified atom stereocenters. The molecule has 1 aliphatic carbocycles. The van der Waals surface area contributed by atoms with Crippen molar-refractivity contribution in [2.75, 3.05) is 0 Å². The van der Waals surface area contributed by atoms with Gasteiger partial charge in [-0.3, -0.25) is 0 Å². The molecule has 1 aromatic rings. The van der Waals surface area contributed by atoms with Gasteiger partial charge in [-0.2, -0.15) is 0 Å². The summed E-state index contributed by atoms with van der Waals surface area (Å²) in [5, 5.41) is 0. The molecule has 0 atom stereocenters. The summed E-state index contributed by atoms with van der Waals surface area (Å²) in [5.41, 5.74) is 7.17. The van der Waals surface area contributed by atoms with E-state index in [0.29, 0.717) is 0 Å². The summed E-state index contributed by atoms with van der Waals surface area (Å²) < 4.78 is 0. The molecule has 0 saturated heterocycles. The number of hydrogen-bond donors (Lipinski definition) is 0. The Morgan fingerprint density at radius 2 is 1.17 bits per heavy atom. The van der Waals surface area contributed by atoms with Crippen LogP contribution in [0.15, 0.2) is 48.6 Å². The molecule has 0 fully saturated rings. The van der Waals surface area contributed by atoms with Gasteiger partial charge in [0.05, 0.1) is 0 Å². The maximum Gasteiger partial charge on any atom is -0.0100 e. The van der Waals surface area contributed by atoms with Crippen LogP contribution in [0.2, 0.25) is 0 Å². The van der Waals surface area contributed by atoms with Gasteiger partial charge in [-0.1, -0.05) is 204 Å². The standard InChI is InChI=1S/C22H30.C8H18.C6H14.3C2H6/c1-16(2)9-8-10-17(3)18-11-12-19-20(15-18)22(6,7)14-13-21(19,4)5;1-4-6-8(3)7-5-2;1-3-5-6-4-2;3*1-2/h8-12,15H,3,13-14H2,1-2,4-7H3;8H,4-7H2,1-3H3;3-6H2,1-2H3;3*1-2H3/b10-8-;;;;;. The van der Waals surface area contributed by atoms with E-state index in [1.54, 1.807) is 0 Å². The number of allylic oxidation sites excluding steroid dienone is 5. The number of unbranched alkanes of at least 4 members (excludes halogenated alkanes) is 3. The third kappa shape index (κ3) is 22.0. The van der Waals surface area contributed by atoms with Crippen molar-refractivity contribution in [3.63, 3.8) is 0 Å². The molecule has 0 radical (unpaired) electrons. The Bertz CT molecular complexity index is 785. The topological polar surface area (TPSA) is 0 Å². The predicted octanol–water partition coefficient (Wildman–Crippen LogP) is 15.5. The molecule has 248 valence electrons. The van der Waals surface area contributed by atoms with Crippen LogP contribution >= 0.6 is 0 Å². The highest BCUT2D eigenvalue weighted by atomic mass is 14.4. The average molecular weight is 585 g/mol. The number of rotatable bonds is 10. The van der Waals surface area contributed by atoms with Gasteiger partial charge in [0, 0.05) is 0 Å². The van der Waals surface area contributed by atoms with E-state index in [9.17, 15) is 0 Å². The summed E-state index contributed by atoms with van der Waals surface area (Å²) in [7, 11) is 0. The maximum absolute atomic E-state index is 4.24. The summed E-state index contributed by atoms with van der Waals surface area (Å²) in [6.07, 6.45) is 19.9. The molecule has 0 spiro atoms. The van der Waals surface area contributed by atoms with Crippen molar-refractivity contribution >= 4 is 5.57 Å². The normalized spacial score (nSPS) is 13.6. The second-order valence-corrected chi connectivity index (χ2v) is 12.5. The largest absolute Gasteiger partial charge is 0.0912 e. The monoisotopic (exact) mass is 585 g/mol. The molecule has 1 aromatic carbocycles. The van der Waals surface area contributed by atoms with Crippen LogP contribution in [0.25, 0.3) is 5.57 Å². The minimum atomic E-state index is 0.255. The molecule has 0 amide bonds. The Morgan fingerprint density at radius 1 is 0.738 bits per heavy atom. The molecule has 0 N–H and O–H groups in total. The van der Waals surface area contributed by atoms with Crippen molar-refractivity contribution in [3.05, 3.63) is 65.3 Å². The van der Waals surface area contributed by atoms with E-state index < -0.39 is 0 Å². The fourth-order valence-corrected chi connectivity index (χ4v) is 4.87. The van der Waals surface area contributed by atoms with Crippen LogP contribution in [0, 0.1) is 5.92 Å². The average Bonchev–Trinajstić information content (AvgIpc) is 2.98. The van der Waals surface area contributed by atoms with E-state index in [1.165, 1.54) is 86.5 Å². The minimum Gasteiger partial charge on any atom is -0.0912 e. The third-order valence-corrected chi connectivity index (χ3v) is 7.47. The highest BCUT2D eigenvalue weighted by Gasteiger charge is 2.36. The van der Waals surface area contributed by atoms with Crippen LogP contribution < -0.4 is 0 Å². The van der Waals surface area contributed by atoms with Crippen molar-refractivity contribution in [2.45, 2.75) is 193 Å². The van der Waals surface area contributed by atoms with Gasteiger partial charge in [-0.25, -0.2) is 0 Å². The molecule has 1 aliphatic rings. The van der Waals surface area contributed by atoms with Gasteiger partial charge in [-0.15, -0.1) is 0 Å². The molecule has 42 heavy (non-hydrogen) atoms. The van der Waals surface area contributed by atoms with Crippen LogP contribution in [0.1, 0.15) is 199 Å². The number of fused-ring (bicyclic) bond motifs is 1. The van der Waals surface area contributed by atoms with Gasteiger partial charge in [0.25, 0.3) is 0 Å². The van der Waals surface area contributed by atoms with Gasteiger partial charge in [0.15, 0.2) is 0 Å². The van der Waals surface area contributed by atoms with E-state index in [4.69, 9.17) is 0 Å². The maximum atomic E-state index is 4.24. The fraction of sp³-hybridized carbons (Fsp3) is 0.714. The van der Waals surface area contributed by atoms with E-state index in [-0.39, 0.29) is 10.8 Å². The Labute approximate surface area is 269 Å². The fourth-order valence-electron chi connectivity index (χ4n) is 4.87. The van der Waals surface area contributed by atoms with Crippen molar-refractivity contribution in [1.82, 2.24) is 0 Å². The van der Waals surface area contributed by atoms with Crippen LogP contribution in [0.5, 0.6) is 0 Å². The Balaban J connectivity index is -0.000000298. The molecule has 0 saturated carbocycles. The van der Waals surface area contributed by atoms with Gasteiger partial charge in [-0.05, 0) is 65.7 Å². The quantitative estimate of drug-likeness (QED) is 0.189. The van der Waals surface area contributed by atoms with Gasteiger partial charge >= 0.3 is 0 Å². The lowest BCUT2D eigenvalue weighted by molar-refractivity contribution is 0.332. The van der Waals surface area contributed by atoms with Crippen molar-refractivity contribution in [1.29, 1.82) is 0 Å². The molecule has 0 heterocycles. The van der Waals surface area contributed by atoms with Crippen molar-refractivity contribution < 1.29 is 0 Å². The summed E-state index contributed by atoms with van der Waals surface area (Å²) >= 11 is 0. The Morgan fingerprint density at radius 3 is 1.55 bits per heavy atom. The molecule has 0 aromatic heterocycles. The second kappa shape index (κ2) is 29.5. The third-order valence-electron chi connectivity index (χ3n) is 7.47. The zero-order valence-electron chi connectivity index (χ0n) is 32.3. The number of hydrogen-bond acceptors (Lipinski definition) is 0. The van der Waals surface area contributed by atoms with Crippen LogP contribution in [0.3, 0.4) is 0 Å². The van der Waals surface area contributed by atoms with Crippen LogP contribution in [0.4, 0.5) is 0 Å². The lowest BCUT2D eigenvalue weighted by atomic mass is 9.63. The SMILES string of the molecule is C=C(/C=C\C=C(C)C)c1ccc2c(c1)C(C)(C)CCC2(C)C.CC.CC.CC.CCCC(C)CCC.CCCCCC. The molecule has 0 bridgehead atoms. The van der Waals surface area contributed by atoms with Crippen LogP contribution in [-0.2, 0) is 10.8 Å². The number of benzene rings is 1. The highest BCUT2D eigenvalue weighted by molar-refractivity contribution is 5.73. The second-order valence-electron chi connectivity index (χ2n) is 12.5. The minimum absolute atomic E-state index is 0.255. The van der Waals surface area contributed by atoms with Crippen molar-refractivity contribution in [3.8, 4) is 0 Å². The van der Waals surface area contributed by atoms with E-state index in [0.717, 1.165) is 11.5 Å². The first kappa shape index (κ1) is 47.4. The molecule has 0 nitrogen and oxygen atoms in total. The molecule has 0 aliphatic heterocycles. The lowest BCUT2D eigenvalue weighted by Gasteiger charge is -2.42. The summed E-state index contributed by atoms with van der Waals surface area (Å²) in [6, 6.07) is 6.92. The first-order valence-corrected chi connectivity index (χ1v) is 18.0. The highest BCUT2D eigenvalue weighted by Crippen LogP contribution is 2.46. The van der Waals surface area contributed by atoms with Crippen molar-refractivity contribution in [2.24, 2.45) is 5.92 Å². The smallest absolute Gasteiger partial charge is 0.0100 e. The summed E-state index contributed by atoms with van der Waals surface area (Å²) in [5.74, 6) is 0.963. The molecular weight excluding hydrogens is 504 g/mol. The van der Waals surface area contributed by atoms with Crippen LogP contribution in [-0.4, -0.2) is 0 Å².